The predicted molar refractivity (Wildman–Crippen MR) is 82.2 cm³/mol. The summed E-state index contributed by atoms with van der Waals surface area (Å²) in [6.07, 6.45) is 1.24. The van der Waals surface area contributed by atoms with Crippen LogP contribution in [-0.4, -0.2) is 12.4 Å². The van der Waals surface area contributed by atoms with E-state index in [2.05, 4.69) is 22.0 Å². The molecule has 0 atom stereocenters. The monoisotopic (exact) mass is 331 g/mol. The first kappa shape index (κ1) is 13.2. The van der Waals surface area contributed by atoms with Gasteiger partial charge in [-0.2, -0.15) is 0 Å². The van der Waals surface area contributed by atoms with E-state index in [1.165, 1.54) is 5.56 Å². The molecule has 0 aromatic heterocycles. The first-order valence-corrected chi connectivity index (χ1v) is 7.25. The molecule has 3 rings (SSSR count). The van der Waals surface area contributed by atoms with Gasteiger partial charge in [-0.25, -0.2) is 0 Å². The summed E-state index contributed by atoms with van der Waals surface area (Å²) in [7, 11) is 0. The second-order valence-corrected chi connectivity index (χ2v) is 5.79. The van der Waals surface area contributed by atoms with Crippen LogP contribution in [0.5, 0.6) is 5.75 Å². The summed E-state index contributed by atoms with van der Waals surface area (Å²) < 4.78 is 6.64. The Kier molecular flexibility index (Phi) is 3.49. The third kappa shape index (κ3) is 2.56. The molecule has 4 heteroatoms. The molecule has 2 aromatic rings. The third-order valence-corrected chi connectivity index (χ3v) is 3.87. The number of halogens is 1. The quantitative estimate of drug-likeness (QED) is 0.692. The van der Waals surface area contributed by atoms with Gasteiger partial charge in [-0.1, -0.05) is 15.9 Å². The van der Waals surface area contributed by atoms with E-state index in [1.54, 1.807) is 24.3 Å². The number of nitrogens with two attached hydrogens (primary N) is 1. The van der Waals surface area contributed by atoms with Crippen molar-refractivity contribution in [2.45, 2.75) is 12.8 Å². The topological polar surface area (TPSA) is 52.3 Å². The van der Waals surface area contributed by atoms with Crippen LogP contribution in [0.15, 0.2) is 40.9 Å². The summed E-state index contributed by atoms with van der Waals surface area (Å²) in [6, 6.07) is 11.0. The highest BCUT2D eigenvalue weighted by atomic mass is 79.9. The van der Waals surface area contributed by atoms with Crippen molar-refractivity contribution in [1.29, 1.82) is 0 Å². The number of ether oxygens (including phenoxy) is 1. The summed E-state index contributed by atoms with van der Waals surface area (Å²) in [5.74, 6) is 0.942. The van der Waals surface area contributed by atoms with Crippen molar-refractivity contribution in [2.75, 3.05) is 12.3 Å². The van der Waals surface area contributed by atoms with Crippen molar-refractivity contribution in [3.05, 3.63) is 57.6 Å². The Hall–Kier alpha value is -1.81. The number of ketones is 1. The fourth-order valence-corrected chi connectivity index (χ4v) is 2.97. The van der Waals surface area contributed by atoms with Crippen LogP contribution < -0.4 is 10.5 Å². The lowest BCUT2D eigenvalue weighted by Gasteiger charge is -2.09. The zero-order valence-corrected chi connectivity index (χ0v) is 12.4. The number of benzene rings is 2. The lowest BCUT2D eigenvalue weighted by Crippen LogP contribution is -2.05. The zero-order valence-electron chi connectivity index (χ0n) is 10.9. The number of carbonyl (C=O) groups excluding carboxylic acids is 1. The second kappa shape index (κ2) is 5.29. The number of nitrogen functional groups attached to an aromatic ring is 1. The van der Waals surface area contributed by atoms with Gasteiger partial charge in [0.25, 0.3) is 0 Å². The van der Waals surface area contributed by atoms with E-state index in [0.29, 0.717) is 24.3 Å². The molecule has 3 nitrogen and oxygen atoms in total. The van der Waals surface area contributed by atoms with Crippen molar-refractivity contribution < 1.29 is 9.53 Å². The van der Waals surface area contributed by atoms with E-state index in [0.717, 1.165) is 22.2 Å². The summed E-state index contributed by atoms with van der Waals surface area (Å²) in [5, 5.41) is 0. The molecule has 0 fully saturated rings. The molecule has 0 saturated heterocycles. The molecule has 0 spiro atoms. The molecule has 1 aliphatic rings. The molecular formula is C16H14BrNO2. The smallest absolute Gasteiger partial charge is 0.167 e. The van der Waals surface area contributed by atoms with Gasteiger partial charge in [-0.05, 0) is 42.0 Å². The predicted octanol–water partition coefficient (Wildman–Crippen LogP) is 3.39. The number of fused-ring (bicyclic) bond motifs is 1. The van der Waals surface area contributed by atoms with Gasteiger partial charge >= 0.3 is 0 Å². The molecule has 102 valence electrons. The van der Waals surface area contributed by atoms with E-state index >= 15 is 0 Å². The van der Waals surface area contributed by atoms with Crippen molar-refractivity contribution in [1.82, 2.24) is 0 Å². The second-order valence-electron chi connectivity index (χ2n) is 4.87. The fraction of sp³-hybridized carbons (Fsp3) is 0.188. The summed E-state index contributed by atoms with van der Waals surface area (Å²) in [4.78, 5) is 12.3. The highest BCUT2D eigenvalue weighted by Gasteiger charge is 2.19. The van der Waals surface area contributed by atoms with Gasteiger partial charge in [0.1, 0.15) is 5.75 Å². The first-order chi connectivity index (χ1) is 9.63. The first-order valence-electron chi connectivity index (χ1n) is 6.46. The van der Waals surface area contributed by atoms with Gasteiger partial charge in [0.2, 0.25) is 0 Å². The highest BCUT2D eigenvalue weighted by Crippen LogP contribution is 2.33. The molecule has 1 heterocycles. The van der Waals surface area contributed by atoms with Gasteiger partial charge in [-0.15, -0.1) is 0 Å². The normalized spacial score (nSPS) is 12.8. The number of anilines is 1. The van der Waals surface area contributed by atoms with Crippen LogP contribution in [0.25, 0.3) is 0 Å². The largest absolute Gasteiger partial charge is 0.493 e. The molecule has 0 radical (unpaired) electrons. The van der Waals surface area contributed by atoms with Crippen LogP contribution in [-0.2, 0) is 12.8 Å². The number of hydrogen-bond donors (Lipinski definition) is 1. The standard InChI is InChI=1S/C16H14BrNO2/c17-13-7-11-5-6-20-16(11)12(8-13)9-15(19)10-1-3-14(18)4-2-10/h1-4,7-8H,5-6,9,18H2. The fourth-order valence-electron chi connectivity index (χ4n) is 2.42. The maximum absolute atomic E-state index is 12.3. The van der Waals surface area contributed by atoms with Crippen LogP contribution in [0.1, 0.15) is 21.5 Å². The lowest BCUT2D eigenvalue weighted by atomic mass is 10.00. The van der Waals surface area contributed by atoms with Crippen molar-refractivity contribution in [2.24, 2.45) is 0 Å². The van der Waals surface area contributed by atoms with E-state index in [-0.39, 0.29) is 5.78 Å². The van der Waals surface area contributed by atoms with Gasteiger partial charge in [-0.3, -0.25) is 4.79 Å². The van der Waals surface area contributed by atoms with Crippen molar-refractivity contribution >= 4 is 27.4 Å². The molecule has 1 aliphatic heterocycles. The van der Waals surface area contributed by atoms with E-state index in [1.807, 2.05) is 6.07 Å². The van der Waals surface area contributed by atoms with Crippen LogP contribution in [0.3, 0.4) is 0 Å². The molecule has 20 heavy (non-hydrogen) atoms. The number of carbonyl (C=O) groups is 1. The molecule has 0 aliphatic carbocycles. The molecule has 0 saturated carbocycles. The molecule has 0 bridgehead atoms. The van der Waals surface area contributed by atoms with Crippen LogP contribution in [0, 0.1) is 0 Å². The van der Waals surface area contributed by atoms with Gasteiger partial charge in [0.15, 0.2) is 5.78 Å². The minimum absolute atomic E-state index is 0.0702. The number of hydrogen-bond acceptors (Lipinski definition) is 3. The Bertz CT molecular complexity index is 665. The maximum atomic E-state index is 12.3. The minimum Gasteiger partial charge on any atom is -0.493 e. The van der Waals surface area contributed by atoms with Gasteiger partial charge in [0.05, 0.1) is 6.61 Å². The van der Waals surface area contributed by atoms with Crippen molar-refractivity contribution in [3.63, 3.8) is 0 Å². The Morgan fingerprint density at radius 1 is 1.25 bits per heavy atom. The SMILES string of the molecule is Nc1ccc(C(=O)Cc2cc(Br)cc3c2OCC3)cc1. The van der Waals surface area contributed by atoms with Crippen molar-refractivity contribution in [3.8, 4) is 5.75 Å². The summed E-state index contributed by atoms with van der Waals surface area (Å²) in [6.45, 7) is 0.689. The lowest BCUT2D eigenvalue weighted by molar-refractivity contribution is 0.0992. The Morgan fingerprint density at radius 2 is 2.00 bits per heavy atom. The van der Waals surface area contributed by atoms with Crippen LogP contribution >= 0.6 is 15.9 Å². The molecule has 2 aromatic carbocycles. The average molecular weight is 332 g/mol. The summed E-state index contributed by atoms with van der Waals surface area (Å²) >= 11 is 3.49. The maximum Gasteiger partial charge on any atom is 0.167 e. The molecule has 0 amide bonds. The third-order valence-electron chi connectivity index (χ3n) is 3.41. The van der Waals surface area contributed by atoms with E-state index in [9.17, 15) is 4.79 Å². The molecule has 2 N–H and O–H groups in total. The number of Topliss-reactive ketones (excluding diaryl/α,β-unsaturated/α-hetero) is 1. The average Bonchev–Trinajstić information content (AvgIpc) is 2.87. The Morgan fingerprint density at radius 3 is 2.75 bits per heavy atom. The van der Waals surface area contributed by atoms with Crippen LogP contribution in [0.4, 0.5) is 5.69 Å². The molecular weight excluding hydrogens is 318 g/mol. The highest BCUT2D eigenvalue weighted by molar-refractivity contribution is 9.10. The van der Waals surface area contributed by atoms with E-state index < -0.39 is 0 Å². The van der Waals surface area contributed by atoms with Gasteiger partial charge < -0.3 is 10.5 Å². The number of rotatable bonds is 3. The Balaban J connectivity index is 1.88. The zero-order chi connectivity index (χ0) is 14.1. The van der Waals surface area contributed by atoms with Crippen LogP contribution in [0.2, 0.25) is 0 Å². The Labute approximate surface area is 125 Å². The minimum atomic E-state index is 0.0702. The molecule has 0 unspecified atom stereocenters. The summed E-state index contributed by atoms with van der Waals surface area (Å²) in [5.41, 5.74) is 9.07. The van der Waals surface area contributed by atoms with E-state index in [4.69, 9.17) is 10.5 Å². The van der Waals surface area contributed by atoms with Gasteiger partial charge in [0, 0.05) is 34.1 Å².